The highest BCUT2D eigenvalue weighted by atomic mass is 32.2. The summed E-state index contributed by atoms with van der Waals surface area (Å²) in [5.74, 6) is 3.68. The van der Waals surface area contributed by atoms with Gasteiger partial charge in [-0.3, -0.25) is 0 Å². The van der Waals surface area contributed by atoms with Crippen LogP contribution in [0.2, 0.25) is 19.6 Å². The summed E-state index contributed by atoms with van der Waals surface area (Å²) in [7, 11) is -1.35. The fourth-order valence-electron chi connectivity index (χ4n) is 1.19. The molecule has 1 nitrogen and oxygen atoms in total. The van der Waals surface area contributed by atoms with Crippen molar-refractivity contribution in [2.24, 2.45) is 0 Å². The predicted octanol–water partition coefficient (Wildman–Crippen LogP) is 3.25. The summed E-state index contributed by atoms with van der Waals surface area (Å²) < 4.78 is 6.00. The largest absolute Gasteiger partial charge is 0.547 e. The minimum absolute atomic E-state index is 1.14. The topological polar surface area (TPSA) is 9.23 Å². The number of rotatable bonds is 2. The van der Waals surface area contributed by atoms with Gasteiger partial charge < -0.3 is 4.43 Å². The van der Waals surface area contributed by atoms with E-state index < -0.39 is 8.32 Å². The Labute approximate surface area is 80.7 Å². The van der Waals surface area contributed by atoms with Crippen LogP contribution in [0.25, 0.3) is 0 Å². The van der Waals surface area contributed by atoms with Gasteiger partial charge in [0.25, 0.3) is 0 Å². The van der Waals surface area contributed by atoms with Crippen LogP contribution in [0.15, 0.2) is 11.3 Å². The van der Waals surface area contributed by atoms with E-state index >= 15 is 0 Å². The molecule has 1 aliphatic heterocycles. The molecule has 0 N–H and O–H groups in total. The van der Waals surface area contributed by atoms with Crippen LogP contribution in [-0.2, 0) is 4.43 Å². The van der Waals surface area contributed by atoms with Gasteiger partial charge in [0.1, 0.15) is 0 Å². The normalized spacial score (nSPS) is 19.7. The molecule has 12 heavy (non-hydrogen) atoms. The zero-order valence-corrected chi connectivity index (χ0v) is 10.3. The molecule has 0 saturated carbocycles. The summed E-state index contributed by atoms with van der Waals surface area (Å²) in [5.41, 5.74) is 1.45. The van der Waals surface area contributed by atoms with E-state index in [0.29, 0.717) is 0 Å². The minimum atomic E-state index is -1.35. The summed E-state index contributed by atoms with van der Waals surface area (Å²) in [6.45, 7) is 8.93. The number of allylic oxidation sites excluding steroid dienone is 1. The highest BCUT2D eigenvalue weighted by Crippen LogP contribution is 2.26. The number of hydrogen-bond acceptors (Lipinski definition) is 2. The Kier molecular flexibility index (Phi) is 3.29. The summed E-state index contributed by atoms with van der Waals surface area (Å²) in [6.07, 6.45) is 1.14. The smallest absolute Gasteiger partial charge is 0.241 e. The van der Waals surface area contributed by atoms with Gasteiger partial charge in [0.2, 0.25) is 8.32 Å². The van der Waals surface area contributed by atoms with Crippen LogP contribution in [0.3, 0.4) is 0 Å². The summed E-state index contributed by atoms with van der Waals surface area (Å²) >= 11 is 2.01. The van der Waals surface area contributed by atoms with Crippen molar-refractivity contribution in [3.8, 4) is 0 Å². The molecule has 1 heterocycles. The maximum Gasteiger partial charge on any atom is 0.241 e. The SMILES string of the molecule is CC1=C(O[Si](C)(C)C)CCSC1. The van der Waals surface area contributed by atoms with Crippen LogP contribution >= 0.6 is 11.8 Å². The summed E-state index contributed by atoms with van der Waals surface area (Å²) in [5, 5.41) is 0. The average molecular weight is 202 g/mol. The van der Waals surface area contributed by atoms with Crippen molar-refractivity contribution in [1.82, 2.24) is 0 Å². The van der Waals surface area contributed by atoms with Gasteiger partial charge in [-0.1, -0.05) is 0 Å². The van der Waals surface area contributed by atoms with Gasteiger partial charge >= 0.3 is 0 Å². The lowest BCUT2D eigenvalue weighted by atomic mass is 10.2. The van der Waals surface area contributed by atoms with Crippen LogP contribution in [0.5, 0.6) is 0 Å². The van der Waals surface area contributed by atoms with Crippen molar-refractivity contribution in [3.63, 3.8) is 0 Å². The lowest BCUT2D eigenvalue weighted by molar-refractivity contribution is 0.398. The molecule has 0 aromatic carbocycles. The molecule has 0 aromatic rings. The highest BCUT2D eigenvalue weighted by Gasteiger charge is 2.20. The van der Waals surface area contributed by atoms with Crippen LogP contribution in [0.4, 0.5) is 0 Å². The van der Waals surface area contributed by atoms with Gasteiger partial charge in [-0.2, -0.15) is 11.8 Å². The van der Waals surface area contributed by atoms with Crippen molar-refractivity contribution in [1.29, 1.82) is 0 Å². The molecule has 0 atom stereocenters. The number of hydrogen-bond donors (Lipinski definition) is 0. The second kappa shape index (κ2) is 3.88. The molecule has 0 spiro atoms. The van der Waals surface area contributed by atoms with Gasteiger partial charge in [-0.15, -0.1) is 0 Å². The molecule has 1 rings (SSSR count). The first-order valence-corrected chi connectivity index (χ1v) is 9.01. The average Bonchev–Trinajstić information content (AvgIpc) is 1.91. The van der Waals surface area contributed by atoms with Gasteiger partial charge in [0.05, 0.1) is 5.76 Å². The van der Waals surface area contributed by atoms with Crippen molar-refractivity contribution in [3.05, 3.63) is 11.3 Å². The molecule has 0 radical (unpaired) electrons. The molecule has 0 aliphatic carbocycles. The predicted molar refractivity (Wildman–Crippen MR) is 59.1 cm³/mol. The Bertz CT molecular complexity index is 193. The Morgan fingerprint density at radius 1 is 1.33 bits per heavy atom. The fraction of sp³-hybridized carbons (Fsp3) is 0.778. The van der Waals surface area contributed by atoms with Gasteiger partial charge in [-0.25, -0.2) is 0 Å². The minimum Gasteiger partial charge on any atom is -0.547 e. The summed E-state index contributed by atoms with van der Waals surface area (Å²) in [4.78, 5) is 0. The van der Waals surface area contributed by atoms with E-state index in [4.69, 9.17) is 4.43 Å². The standard InChI is InChI=1S/C9H18OSSi/c1-8-7-11-6-5-9(8)10-12(2,3)4/h5-7H2,1-4H3. The lowest BCUT2D eigenvalue weighted by Crippen LogP contribution is -2.26. The Hall–Kier alpha value is 0.107. The molecular formula is C9H18OSSi. The first-order valence-electron chi connectivity index (χ1n) is 4.44. The first-order chi connectivity index (χ1) is 5.49. The van der Waals surface area contributed by atoms with Crippen LogP contribution in [-0.4, -0.2) is 19.8 Å². The van der Waals surface area contributed by atoms with E-state index in [1.165, 1.54) is 22.8 Å². The second-order valence-electron chi connectivity index (χ2n) is 4.22. The molecule has 0 saturated heterocycles. The quantitative estimate of drug-likeness (QED) is 0.636. The molecule has 0 unspecified atom stereocenters. The number of thioether (sulfide) groups is 1. The molecule has 3 heteroatoms. The third kappa shape index (κ3) is 3.23. The lowest BCUT2D eigenvalue weighted by Gasteiger charge is -2.26. The van der Waals surface area contributed by atoms with E-state index in [1.807, 2.05) is 11.8 Å². The van der Waals surface area contributed by atoms with Crippen molar-refractivity contribution < 1.29 is 4.43 Å². The van der Waals surface area contributed by atoms with E-state index in [9.17, 15) is 0 Å². The Balaban J connectivity index is 2.61. The fourth-order valence-corrected chi connectivity index (χ4v) is 3.15. The third-order valence-corrected chi connectivity index (χ3v) is 3.69. The van der Waals surface area contributed by atoms with Crippen molar-refractivity contribution in [2.45, 2.75) is 33.0 Å². The molecule has 1 aliphatic rings. The van der Waals surface area contributed by atoms with Gasteiger partial charge in [-0.05, 0) is 32.1 Å². The zero-order chi connectivity index (χ0) is 9.19. The Morgan fingerprint density at radius 2 is 2.00 bits per heavy atom. The van der Waals surface area contributed by atoms with Crippen molar-refractivity contribution in [2.75, 3.05) is 11.5 Å². The monoisotopic (exact) mass is 202 g/mol. The molecule has 70 valence electrons. The summed E-state index contributed by atoms with van der Waals surface area (Å²) in [6, 6.07) is 0. The Morgan fingerprint density at radius 3 is 2.50 bits per heavy atom. The van der Waals surface area contributed by atoms with E-state index in [1.54, 1.807) is 0 Å². The molecule has 0 amide bonds. The molecule has 0 aromatic heterocycles. The molecule has 0 bridgehead atoms. The maximum absolute atomic E-state index is 6.00. The maximum atomic E-state index is 6.00. The van der Waals surface area contributed by atoms with Crippen LogP contribution in [0, 0.1) is 0 Å². The first kappa shape index (κ1) is 10.2. The van der Waals surface area contributed by atoms with Crippen LogP contribution in [0.1, 0.15) is 13.3 Å². The third-order valence-electron chi connectivity index (χ3n) is 1.70. The van der Waals surface area contributed by atoms with E-state index in [0.717, 1.165) is 6.42 Å². The molecule has 0 fully saturated rings. The van der Waals surface area contributed by atoms with E-state index in [-0.39, 0.29) is 0 Å². The second-order valence-corrected chi connectivity index (χ2v) is 9.75. The zero-order valence-electron chi connectivity index (χ0n) is 8.44. The highest BCUT2D eigenvalue weighted by molar-refractivity contribution is 7.99. The van der Waals surface area contributed by atoms with Gasteiger partial charge in [0.15, 0.2) is 0 Å². The molecular weight excluding hydrogens is 184 g/mol. The van der Waals surface area contributed by atoms with Crippen LogP contribution < -0.4 is 0 Å². The van der Waals surface area contributed by atoms with E-state index in [2.05, 4.69) is 26.6 Å². The van der Waals surface area contributed by atoms with Gasteiger partial charge in [0, 0.05) is 17.9 Å². The van der Waals surface area contributed by atoms with Crippen molar-refractivity contribution >= 4 is 20.1 Å².